The van der Waals surface area contributed by atoms with Gasteiger partial charge in [0.1, 0.15) is 10.5 Å². The van der Waals surface area contributed by atoms with Gasteiger partial charge in [-0.25, -0.2) is 0 Å². The third-order valence-corrected chi connectivity index (χ3v) is 2.47. The molecule has 0 bridgehead atoms. The van der Waals surface area contributed by atoms with Crippen molar-refractivity contribution in [1.29, 1.82) is 0 Å². The molecule has 1 atom stereocenters. The Bertz CT molecular complexity index is 222. The van der Waals surface area contributed by atoms with E-state index < -0.39 is 0 Å². The van der Waals surface area contributed by atoms with Crippen LogP contribution in [0.3, 0.4) is 0 Å². The first-order valence-electron chi connectivity index (χ1n) is 3.62. The Balaban J connectivity index is 2.81. The lowest BCUT2D eigenvalue weighted by molar-refractivity contribution is 0.251. The summed E-state index contributed by atoms with van der Waals surface area (Å²) in [4.78, 5) is 0. The Morgan fingerprint density at radius 1 is 1.36 bits per heavy atom. The molecule has 0 aliphatic carbocycles. The van der Waals surface area contributed by atoms with Gasteiger partial charge in [-0.15, -0.1) is 0 Å². The summed E-state index contributed by atoms with van der Waals surface area (Å²) in [7, 11) is 0.775. The second-order valence-electron chi connectivity index (χ2n) is 2.54. The first kappa shape index (κ1) is 8.29. The van der Waals surface area contributed by atoms with Crippen molar-refractivity contribution in [1.82, 2.24) is 0 Å². The smallest absolute Gasteiger partial charge is 0.146 e. The molecule has 0 aliphatic rings. The van der Waals surface area contributed by atoms with Gasteiger partial charge in [-0.3, -0.25) is 0 Å². The van der Waals surface area contributed by atoms with Crippen LogP contribution < -0.4 is 5.73 Å². The Labute approximate surface area is 69.9 Å². The summed E-state index contributed by atoms with van der Waals surface area (Å²) < 4.78 is 5.27. The summed E-state index contributed by atoms with van der Waals surface area (Å²) in [5, 5.41) is 0. The second-order valence-corrected chi connectivity index (χ2v) is 3.02. The fourth-order valence-corrected chi connectivity index (χ4v) is 1.18. The zero-order valence-electron chi connectivity index (χ0n) is 6.87. The number of nitrogen functional groups attached to an aromatic ring is 1. The quantitative estimate of drug-likeness (QED) is 0.518. The minimum atomic E-state index is 0.210. The van der Waals surface area contributed by atoms with Crippen LogP contribution in [0.15, 0.2) is 24.3 Å². The fraction of sp³-hybridized carbons (Fsp3) is 0.250. The number of hydrogen-bond donors (Lipinski definition) is 1. The van der Waals surface area contributed by atoms with Gasteiger partial charge in [-0.1, -0.05) is 12.1 Å². The molecule has 1 rings (SSSR count). The summed E-state index contributed by atoms with van der Waals surface area (Å²) in [6.07, 6.45) is 0.210. The van der Waals surface area contributed by atoms with Crippen molar-refractivity contribution >= 4 is 16.2 Å². The molecule has 0 heterocycles. The van der Waals surface area contributed by atoms with Gasteiger partial charge in [0.25, 0.3) is 0 Å². The van der Waals surface area contributed by atoms with Gasteiger partial charge in [0.15, 0.2) is 0 Å². The SMILES string of the molecule is CC(O[SiH3])c1ccc(N)cc1. The predicted octanol–water partition coefficient (Wildman–Crippen LogP) is 0.627. The maximum atomic E-state index is 5.54. The lowest BCUT2D eigenvalue weighted by Crippen LogP contribution is -1.96. The Morgan fingerprint density at radius 2 is 1.91 bits per heavy atom. The van der Waals surface area contributed by atoms with Gasteiger partial charge in [-0.2, -0.15) is 0 Å². The molecule has 2 N–H and O–H groups in total. The summed E-state index contributed by atoms with van der Waals surface area (Å²) in [5.74, 6) is 0. The molecule has 1 aromatic rings. The number of benzene rings is 1. The Kier molecular flexibility index (Phi) is 2.68. The maximum absolute atomic E-state index is 5.54. The number of anilines is 1. The van der Waals surface area contributed by atoms with E-state index in [-0.39, 0.29) is 6.10 Å². The van der Waals surface area contributed by atoms with Crippen molar-refractivity contribution in [3.63, 3.8) is 0 Å². The minimum Gasteiger partial charge on any atom is -0.421 e. The molecule has 1 aromatic carbocycles. The molecule has 2 nitrogen and oxygen atoms in total. The van der Waals surface area contributed by atoms with Crippen LogP contribution in [0.1, 0.15) is 18.6 Å². The maximum Gasteiger partial charge on any atom is 0.146 e. The average molecular weight is 167 g/mol. The van der Waals surface area contributed by atoms with Crippen LogP contribution in [0.2, 0.25) is 0 Å². The molecule has 3 heteroatoms. The van der Waals surface area contributed by atoms with E-state index in [4.69, 9.17) is 10.2 Å². The summed E-state index contributed by atoms with van der Waals surface area (Å²) >= 11 is 0. The molecular weight excluding hydrogens is 154 g/mol. The highest BCUT2D eigenvalue weighted by Crippen LogP contribution is 2.16. The van der Waals surface area contributed by atoms with Crippen molar-refractivity contribution in [2.45, 2.75) is 13.0 Å². The number of nitrogens with two attached hydrogens (primary N) is 1. The van der Waals surface area contributed by atoms with Crippen molar-refractivity contribution in [3.8, 4) is 0 Å². The molecule has 0 saturated carbocycles. The molecule has 1 unspecified atom stereocenters. The van der Waals surface area contributed by atoms with Crippen molar-refractivity contribution in [3.05, 3.63) is 29.8 Å². The Hall–Kier alpha value is -0.803. The normalized spacial score (nSPS) is 13.2. The van der Waals surface area contributed by atoms with Crippen LogP contribution in [0.5, 0.6) is 0 Å². The van der Waals surface area contributed by atoms with E-state index in [1.54, 1.807) is 0 Å². The first-order valence-corrected chi connectivity index (χ1v) is 4.44. The van der Waals surface area contributed by atoms with E-state index in [2.05, 4.69) is 0 Å². The van der Waals surface area contributed by atoms with E-state index >= 15 is 0 Å². The number of hydrogen-bond acceptors (Lipinski definition) is 2. The summed E-state index contributed by atoms with van der Waals surface area (Å²) in [6, 6.07) is 7.79. The Morgan fingerprint density at radius 3 is 2.36 bits per heavy atom. The van der Waals surface area contributed by atoms with Crippen LogP contribution in [-0.4, -0.2) is 10.5 Å². The molecule has 0 saturated heterocycles. The van der Waals surface area contributed by atoms with Crippen LogP contribution in [0, 0.1) is 0 Å². The van der Waals surface area contributed by atoms with Crippen LogP contribution in [-0.2, 0) is 4.43 Å². The minimum absolute atomic E-state index is 0.210. The van der Waals surface area contributed by atoms with Gasteiger partial charge < -0.3 is 10.2 Å². The topological polar surface area (TPSA) is 35.2 Å². The largest absolute Gasteiger partial charge is 0.421 e. The van der Waals surface area contributed by atoms with E-state index in [0.717, 1.165) is 16.2 Å². The predicted molar refractivity (Wildman–Crippen MR) is 50.3 cm³/mol. The van der Waals surface area contributed by atoms with Crippen LogP contribution >= 0.6 is 0 Å². The molecule has 0 spiro atoms. The summed E-state index contributed by atoms with van der Waals surface area (Å²) in [5.41, 5.74) is 7.53. The van der Waals surface area contributed by atoms with Crippen LogP contribution in [0.4, 0.5) is 5.69 Å². The molecule has 0 radical (unpaired) electrons. The average Bonchev–Trinajstić information content (AvgIpc) is 2.05. The first-order chi connectivity index (χ1) is 5.24. The van der Waals surface area contributed by atoms with Gasteiger partial charge in [0, 0.05) is 5.69 Å². The summed E-state index contributed by atoms with van der Waals surface area (Å²) in [6.45, 7) is 2.04. The molecule has 60 valence electrons. The molecule has 0 amide bonds. The molecule has 11 heavy (non-hydrogen) atoms. The van der Waals surface area contributed by atoms with E-state index in [1.165, 1.54) is 5.56 Å². The highest BCUT2D eigenvalue weighted by atomic mass is 28.2. The molecule has 0 aliphatic heterocycles. The van der Waals surface area contributed by atoms with Crippen molar-refractivity contribution in [2.75, 3.05) is 5.73 Å². The van der Waals surface area contributed by atoms with Crippen molar-refractivity contribution < 1.29 is 4.43 Å². The second kappa shape index (κ2) is 3.55. The van der Waals surface area contributed by atoms with Gasteiger partial charge in [-0.05, 0) is 24.6 Å². The van der Waals surface area contributed by atoms with Crippen molar-refractivity contribution in [2.24, 2.45) is 0 Å². The molecule has 0 aromatic heterocycles. The van der Waals surface area contributed by atoms with Crippen LogP contribution in [0.25, 0.3) is 0 Å². The third kappa shape index (κ3) is 2.06. The van der Waals surface area contributed by atoms with E-state index in [0.29, 0.717) is 0 Å². The highest BCUT2D eigenvalue weighted by Gasteiger charge is 2.00. The lowest BCUT2D eigenvalue weighted by Gasteiger charge is -2.09. The zero-order chi connectivity index (χ0) is 8.27. The zero-order valence-corrected chi connectivity index (χ0v) is 8.87. The fourth-order valence-electron chi connectivity index (χ4n) is 0.903. The lowest BCUT2D eigenvalue weighted by atomic mass is 10.1. The third-order valence-electron chi connectivity index (χ3n) is 1.76. The molecular formula is C8H13NOSi. The molecule has 0 fully saturated rings. The van der Waals surface area contributed by atoms with E-state index in [9.17, 15) is 0 Å². The standard InChI is InChI=1S/C8H13NOSi/c1-6(10-11)7-2-4-8(9)5-3-7/h2-6H,9H2,1,11H3. The van der Waals surface area contributed by atoms with Gasteiger partial charge in [0.2, 0.25) is 0 Å². The van der Waals surface area contributed by atoms with Gasteiger partial charge >= 0.3 is 0 Å². The highest BCUT2D eigenvalue weighted by molar-refractivity contribution is 5.98. The van der Waals surface area contributed by atoms with Gasteiger partial charge in [0.05, 0.1) is 6.10 Å². The number of rotatable bonds is 2. The van der Waals surface area contributed by atoms with E-state index in [1.807, 2.05) is 31.2 Å². The monoisotopic (exact) mass is 167 g/mol.